The predicted octanol–water partition coefficient (Wildman–Crippen LogP) is 3.33. The number of ether oxygens (including phenoxy) is 1. The summed E-state index contributed by atoms with van der Waals surface area (Å²) in [5.74, 6) is -0.358. The summed E-state index contributed by atoms with van der Waals surface area (Å²) in [7, 11) is -3.43. The molecule has 4 rings (SSSR count). The number of rotatable bonds is 7. The lowest BCUT2D eigenvalue weighted by Crippen LogP contribution is -2.31. The highest BCUT2D eigenvalue weighted by atomic mass is 32.2. The first-order valence-electron chi connectivity index (χ1n) is 11.2. The molecule has 0 unspecified atom stereocenters. The van der Waals surface area contributed by atoms with Crippen LogP contribution < -0.4 is 5.32 Å². The standard InChI is InChI=1S/C25H27N3O5S/c1-4-33-25(30)19-9-18(10-19)21-8-7-17-13-26-20(12-22(17)28-21)14-27-24(29)16-6-5-15(2)23(11-16)34(3,31)32/h5-8,11-13,18-19H,4,9-10,14H2,1-3H3,(H,27,29). The minimum atomic E-state index is -3.43. The molecule has 1 aromatic carbocycles. The maximum atomic E-state index is 12.6. The molecule has 0 saturated heterocycles. The number of amides is 1. The van der Waals surface area contributed by atoms with Gasteiger partial charge in [-0.1, -0.05) is 6.07 Å². The number of esters is 1. The highest BCUT2D eigenvalue weighted by molar-refractivity contribution is 7.90. The molecule has 0 radical (unpaired) electrons. The topological polar surface area (TPSA) is 115 Å². The minimum absolute atomic E-state index is 0.0596. The highest BCUT2D eigenvalue weighted by Crippen LogP contribution is 2.41. The zero-order valence-corrected chi connectivity index (χ0v) is 20.2. The smallest absolute Gasteiger partial charge is 0.308 e. The van der Waals surface area contributed by atoms with Crippen LogP contribution in [0.25, 0.3) is 10.9 Å². The van der Waals surface area contributed by atoms with E-state index in [2.05, 4.69) is 10.3 Å². The van der Waals surface area contributed by atoms with Gasteiger partial charge in [0.15, 0.2) is 9.84 Å². The van der Waals surface area contributed by atoms with Crippen LogP contribution in [0.1, 0.15) is 53.0 Å². The molecule has 1 aliphatic carbocycles. The molecule has 8 nitrogen and oxygen atoms in total. The van der Waals surface area contributed by atoms with E-state index in [1.54, 1.807) is 32.2 Å². The number of hydrogen-bond acceptors (Lipinski definition) is 7. The molecule has 1 saturated carbocycles. The molecular formula is C25H27N3O5S. The molecule has 3 aromatic rings. The van der Waals surface area contributed by atoms with Gasteiger partial charge in [-0.15, -0.1) is 0 Å². The number of aryl methyl sites for hydroxylation is 1. The Morgan fingerprint density at radius 3 is 2.62 bits per heavy atom. The van der Waals surface area contributed by atoms with Crippen molar-refractivity contribution in [2.24, 2.45) is 5.92 Å². The molecular weight excluding hydrogens is 454 g/mol. The zero-order valence-electron chi connectivity index (χ0n) is 19.4. The summed E-state index contributed by atoms with van der Waals surface area (Å²) in [5.41, 5.74) is 3.21. The van der Waals surface area contributed by atoms with E-state index in [0.717, 1.165) is 35.7 Å². The van der Waals surface area contributed by atoms with E-state index in [-0.39, 0.29) is 40.7 Å². The summed E-state index contributed by atoms with van der Waals surface area (Å²) in [6.07, 6.45) is 4.30. The maximum Gasteiger partial charge on any atom is 0.308 e. The summed E-state index contributed by atoms with van der Waals surface area (Å²) in [6, 6.07) is 10.4. The van der Waals surface area contributed by atoms with Crippen LogP contribution >= 0.6 is 0 Å². The molecule has 0 aliphatic heterocycles. The van der Waals surface area contributed by atoms with Crippen LogP contribution in [-0.4, -0.2) is 43.1 Å². The van der Waals surface area contributed by atoms with Crippen LogP contribution in [0.3, 0.4) is 0 Å². The Balaban J connectivity index is 1.44. The number of pyridine rings is 2. The number of hydrogen-bond donors (Lipinski definition) is 1. The van der Waals surface area contributed by atoms with Crippen molar-refractivity contribution in [3.05, 3.63) is 65.1 Å². The molecule has 1 aliphatic rings. The summed E-state index contributed by atoms with van der Waals surface area (Å²) in [5, 5.41) is 3.68. The molecule has 0 spiro atoms. The van der Waals surface area contributed by atoms with Crippen molar-refractivity contribution in [1.29, 1.82) is 0 Å². The monoisotopic (exact) mass is 481 g/mol. The van der Waals surface area contributed by atoms with Crippen molar-refractivity contribution in [2.75, 3.05) is 12.9 Å². The molecule has 1 N–H and O–H groups in total. The van der Waals surface area contributed by atoms with Gasteiger partial charge in [-0.2, -0.15) is 0 Å². The Kier molecular flexibility index (Phi) is 6.65. The molecule has 1 amide bonds. The van der Waals surface area contributed by atoms with Crippen LogP contribution in [0.15, 0.2) is 47.5 Å². The van der Waals surface area contributed by atoms with E-state index in [4.69, 9.17) is 9.72 Å². The van der Waals surface area contributed by atoms with Crippen LogP contribution in [-0.2, 0) is 25.9 Å². The number of carbonyl (C=O) groups is 2. The Hall–Kier alpha value is -3.33. The number of sulfone groups is 1. The maximum absolute atomic E-state index is 12.6. The van der Waals surface area contributed by atoms with Crippen molar-refractivity contribution in [3.8, 4) is 0 Å². The first kappa shape index (κ1) is 23.8. The van der Waals surface area contributed by atoms with E-state index in [9.17, 15) is 18.0 Å². The second kappa shape index (κ2) is 9.50. The van der Waals surface area contributed by atoms with E-state index in [0.29, 0.717) is 17.9 Å². The van der Waals surface area contributed by atoms with E-state index >= 15 is 0 Å². The molecule has 2 aromatic heterocycles. The first-order chi connectivity index (χ1) is 16.2. The zero-order chi connectivity index (χ0) is 24.5. The average molecular weight is 482 g/mol. The fraction of sp³-hybridized carbons (Fsp3) is 0.360. The Bertz CT molecular complexity index is 1360. The van der Waals surface area contributed by atoms with Gasteiger partial charge in [0, 0.05) is 35.0 Å². The molecule has 178 valence electrons. The van der Waals surface area contributed by atoms with Gasteiger partial charge in [-0.25, -0.2) is 8.42 Å². The van der Waals surface area contributed by atoms with Gasteiger partial charge in [0.1, 0.15) is 0 Å². The van der Waals surface area contributed by atoms with Crippen molar-refractivity contribution in [2.45, 2.75) is 44.0 Å². The van der Waals surface area contributed by atoms with Gasteiger partial charge in [-0.3, -0.25) is 19.6 Å². The Morgan fingerprint density at radius 2 is 1.91 bits per heavy atom. The van der Waals surface area contributed by atoms with Crippen LogP contribution in [0.5, 0.6) is 0 Å². The SMILES string of the molecule is CCOC(=O)C1CC(c2ccc3cnc(CNC(=O)c4ccc(C)c(S(C)(=O)=O)c4)cc3n2)C1. The highest BCUT2D eigenvalue weighted by Gasteiger charge is 2.37. The molecule has 0 bridgehead atoms. The van der Waals surface area contributed by atoms with E-state index in [1.807, 2.05) is 18.2 Å². The van der Waals surface area contributed by atoms with Gasteiger partial charge >= 0.3 is 5.97 Å². The van der Waals surface area contributed by atoms with Crippen molar-refractivity contribution in [3.63, 3.8) is 0 Å². The van der Waals surface area contributed by atoms with Crippen LogP contribution in [0.2, 0.25) is 0 Å². The van der Waals surface area contributed by atoms with Crippen LogP contribution in [0, 0.1) is 12.8 Å². The van der Waals surface area contributed by atoms with Crippen LogP contribution in [0.4, 0.5) is 0 Å². The molecule has 1 fully saturated rings. The van der Waals surface area contributed by atoms with Gasteiger partial charge in [0.05, 0.1) is 35.2 Å². The van der Waals surface area contributed by atoms with Crippen molar-refractivity contribution >= 4 is 32.6 Å². The number of carbonyl (C=O) groups excluding carboxylic acids is 2. The lowest BCUT2D eigenvalue weighted by atomic mass is 9.73. The number of benzene rings is 1. The normalized spacial score (nSPS) is 17.7. The minimum Gasteiger partial charge on any atom is -0.466 e. The summed E-state index contributed by atoms with van der Waals surface area (Å²) >= 11 is 0. The van der Waals surface area contributed by atoms with Gasteiger partial charge < -0.3 is 10.1 Å². The number of nitrogens with one attached hydrogen (secondary N) is 1. The van der Waals surface area contributed by atoms with E-state index in [1.165, 1.54) is 6.07 Å². The van der Waals surface area contributed by atoms with Gasteiger partial charge in [0.2, 0.25) is 0 Å². The Morgan fingerprint density at radius 1 is 1.15 bits per heavy atom. The lowest BCUT2D eigenvalue weighted by Gasteiger charge is -2.33. The second-order valence-electron chi connectivity index (χ2n) is 8.66. The number of aromatic nitrogens is 2. The van der Waals surface area contributed by atoms with Crippen molar-refractivity contribution < 1.29 is 22.7 Å². The predicted molar refractivity (Wildman–Crippen MR) is 127 cm³/mol. The van der Waals surface area contributed by atoms with Gasteiger partial charge in [0.25, 0.3) is 5.91 Å². The van der Waals surface area contributed by atoms with E-state index < -0.39 is 9.84 Å². The fourth-order valence-corrected chi connectivity index (χ4v) is 5.12. The number of fused-ring (bicyclic) bond motifs is 1. The second-order valence-corrected chi connectivity index (χ2v) is 10.6. The molecule has 0 atom stereocenters. The fourth-order valence-electron chi connectivity index (χ4n) is 4.12. The molecule has 34 heavy (non-hydrogen) atoms. The third-order valence-corrected chi connectivity index (χ3v) is 7.35. The summed E-state index contributed by atoms with van der Waals surface area (Å²) in [4.78, 5) is 33.8. The first-order valence-corrected chi connectivity index (χ1v) is 13.1. The third kappa shape index (κ3) is 5.09. The third-order valence-electron chi connectivity index (χ3n) is 6.11. The summed E-state index contributed by atoms with van der Waals surface area (Å²) in [6.45, 7) is 4.07. The quantitative estimate of drug-likeness (QED) is 0.515. The largest absolute Gasteiger partial charge is 0.466 e. The Labute approximate surface area is 198 Å². The number of nitrogens with zero attached hydrogens (tertiary/aromatic N) is 2. The van der Waals surface area contributed by atoms with Gasteiger partial charge in [-0.05, 0) is 62.6 Å². The molecule has 2 heterocycles. The lowest BCUT2D eigenvalue weighted by molar-refractivity contribution is -0.151. The van der Waals surface area contributed by atoms with Crippen molar-refractivity contribution in [1.82, 2.24) is 15.3 Å². The average Bonchev–Trinajstić information content (AvgIpc) is 2.76. The molecule has 9 heteroatoms. The summed E-state index contributed by atoms with van der Waals surface area (Å²) < 4.78 is 29.0.